The normalized spacial score (nSPS) is 4.86. The van der Waals surface area contributed by atoms with Gasteiger partial charge in [-0.3, -0.25) is 4.79 Å². The molecule has 0 aromatic heterocycles. The van der Waals surface area contributed by atoms with E-state index in [9.17, 15) is 4.79 Å². The van der Waals surface area contributed by atoms with Gasteiger partial charge in [0, 0.05) is 14.1 Å². The Bertz CT molecular complexity index is 39.9. The summed E-state index contributed by atoms with van der Waals surface area (Å²) >= 11 is 0. The first-order chi connectivity index (χ1) is 2.27. The average molecular weight is 121 g/mol. The van der Waals surface area contributed by atoms with Gasteiger partial charge < -0.3 is 4.90 Å². The second kappa shape index (κ2) is 10.5. The van der Waals surface area contributed by atoms with Crippen LogP contribution >= 0.6 is 0 Å². The molecular weight excluding hydrogens is 112 g/mol. The first-order valence-corrected chi connectivity index (χ1v) is 1.39. The van der Waals surface area contributed by atoms with Crippen LogP contribution in [0.3, 0.4) is 0 Å². The molecule has 0 bridgehead atoms. The Morgan fingerprint density at radius 2 is 1.43 bits per heavy atom. The van der Waals surface area contributed by atoms with Crippen molar-refractivity contribution in [3.8, 4) is 0 Å². The number of carbonyl (C=O) groups is 1. The molecule has 0 aliphatic rings. The summed E-state index contributed by atoms with van der Waals surface area (Å²) in [5, 5.41) is 0. The van der Waals surface area contributed by atoms with Gasteiger partial charge in [0.15, 0.2) is 0 Å². The van der Waals surface area contributed by atoms with Crippen LogP contribution in [-0.4, -0.2) is 84.5 Å². The van der Waals surface area contributed by atoms with Crippen LogP contribution in [0.1, 0.15) is 0 Å². The summed E-state index contributed by atoms with van der Waals surface area (Å²) in [6.45, 7) is 0. The molecule has 34 valence electrons. The zero-order valence-electron chi connectivity index (χ0n) is 3.43. The number of amides is 1. The Labute approximate surface area is 88.2 Å². The first-order valence-electron chi connectivity index (χ1n) is 1.39. The molecule has 0 aromatic rings. The number of carbonyl (C=O) groups excluding carboxylic acids is 1. The molecule has 0 N–H and O–H groups in total. The second-order valence-electron chi connectivity index (χ2n) is 1.07. The molecule has 0 saturated carbocycles. The van der Waals surface area contributed by atoms with E-state index < -0.39 is 0 Å². The molecule has 2 nitrogen and oxygen atoms in total. The summed E-state index contributed by atoms with van der Waals surface area (Å²) in [4.78, 5) is 10.9. The zero-order chi connectivity index (χ0) is 4.28. The van der Waals surface area contributed by atoms with Gasteiger partial charge in [-0.1, -0.05) is 0 Å². The molecule has 0 fully saturated rings. The van der Waals surface area contributed by atoms with Crippen molar-refractivity contribution in [2.75, 3.05) is 14.1 Å². The Morgan fingerprint density at radius 3 is 1.43 bits per heavy atom. The average Bonchev–Trinajstić information content (AvgIpc) is 1.38. The monoisotopic (exact) mass is 121 g/mol. The van der Waals surface area contributed by atoms with Gasteiger partial charge in [-0.15, -0.1) is 0 Å². The van der Waals surface area contributed by atoms with Gasteiger partial charge in [-0.2, -0.15) is 0 Å². The molecule has 0 aliphatic carbocycles. The Morgan fingerprint density at radius 1 is 1.29 bits per heavy atom. The number of hydrogen-bond donors (Lipinski definition) is 0. The summed E-state index contributed by atoms with van der Waals surface area (Å²) in [5.41, 5.74) is 0. The molecule has 0 aromatic carbocycles. The van der Waals surface area contributed by atoms with Crippen LogP contribution < -0.4 is 0 Å². The molecule has 7 heavy (non-hydrogen) atoms. The van der Waals surface area contributed by atoms with Gasteiger partial charge in [0.25, 0.3) is 0 Å². The van der Waals surface area contributed by atoms with E-state index in [4.69, 9.17) is 0 Å². The van der Waals surface area contributed by atoms with Crippen molar-refractivity contribution in [2.24, 2.45) is 0 Å². The Kier molecular flexibility index (Phi) is 23.6. The summed E-state index contributed by atoms with van der Waals surface area (Å²) < 4.78 is 0. The molecule has 0 spiro atoms. The van der Waals surface area contributed by atoms with E-state index in [1.807, 2.05) is 0 Å². The van der Waals surface area contributed by atoms with Crippen molar-refractivity contribution in [1.29, 1.82) is 0 Å². The number of hydrogen-bond acceptors (Lipinski definition) is 1. The van der Waals surface area contributed by atoms with Crippen LogP contribution in [0.2, 0.25) is 0 Å². The van der Waals surface area contributed by atoms with E-state index in [0.29, 0.717) is 0 Å². The summed E-state index contributed by atoms with van der Waals surface area (Å²) in [6, 6.07) is 0. The molecule has 0 aliphatic heterocycles. The van der Waals surface area contributed by atoms with Crippen molar-refractivity contribution in [2.45, 2.75) is 0 Å². The third kappa shape index (κ3) is 18.6. The minimum atomic E-state index is 0. The molecule has 0 radical (unpaired) electrons. The van der Waals surface area contributed by atoms with E-state index in [1.54, 1.807) is 14.1 Å². The van der Waals surface area contributed by atoms with Crippen LogP contribution in [0.5, 0.6) is 0 Å². The summed E-state index contributed by atoms with van der Waals surface area (Å²) in [7, 11) is 3.38. The molecule has 1 amide bonds. The van der Waals surface area contributed by atoms with Crippen LogP contribution in [-0.2, 0) is 4.79 Å². The van der Waals surface area contributed by atoms with Crippen molar-refractivity contribution in [3.63, 3.8) is 0 Å². The van der Waals surface area contributed by atoms with Crippen LogP contribution in [0, 0.1) is 0 Å². The topological polar surface area (TPSA) is 20.3 Å². The third-order valence-electron chi connectivity index (χ3n) is 0.211. The Hall–Kier alpha value is 1.47. The molecule has 0 heterocycles. The van der Waals surface area contributed by atoms with Crippen LogP contribution in [0.15, 0.2) is 0 Å². The maximum absolute atomic E-state index is 9.43. The fraction of sp³-hybridized carbons (Fsp3) is 0.667. The summed E-state index contributed by atoms with van der Waals surface area (Å²) in [6.07, 6.45) is 0.750. The van der Waals surface area contributed by atoms with E-state index in [2.05, 4.69) is 0 Å². The molecule has 0 atom stereocenters. The van der Waals surface area contributed by atoms with Gasteiger partial charge in [0.05, 0.1) is 0 Å². The van der Waals surface area contributed by atoms with E-state index in [-0.39, 0.29) is 59.1 Å². The van der Waals surface area contributed by atoms with Crippen molar-refractivity contribution >= 4 is 65.5 Å². The second-order valence-corrected chi connectivity index (χ2v) is 1.07. The number of nitrogens with zero attached hydrogens (tertiary/aromatic N) is 1. The number of rotatable bonds is 1. The van der Waals surface area contributed by atoms with Crippen LogP contribution in [0.25, 0.3) is 0 Å². The quantitative estimate of drug-likeness (QED) is 0.302. The minimum absolute atomic E-state index is 0. The van der Waals surface area contributed by atoms with Gasteiger partial charge in [0.1, 0.15) is 0 Å². The standard InChI is InChI=1S/C3H7NO.2Na.2H/c1-4(2)3-5;;;;/h3H,1-2H3;;;;. The SMILES string of the molecule is CN(C)C=O.[NaH].[NaH]. The molecule has 0 saturated heterocycles. The molecule has 4 heteroatoms. The van der Waals surface area contributed by atoms with Gasteiger partial charge in [-0.05, 0) is 0 Å². The fourth-order valence-electron chi connectivity index (χ4n) is 0. The van der Waals surface area contributed by atoms with Crippen molar-refractivity contribution in [3.05, 3.63) is 0 Å². The van der Waals surface area contributed by atoms with Crippen molar-refractivity contribution < 1.29 is 4.79 Å². The molecule has 0 unspecified atom stereocenters. The summed E-state index contributed by atoms with van der Waals surface area (Å²) in [5.74, 6) is 0. The molecular formula is C3H9NNa2O. The van der Waals surface area contributed by atoms with Crippen LogP contribution in [0.4, 0.5) is 0 Å². The van der Waals surface area contributed by atoms with E-state index in [0.717, 1.165) is 6.41 Å². The van der Waals surface area contributed by atoms with E-state index in [1.165, 1.54) is 4.90 Å². The van der Waals surface area contributed by atoms with Gasteiger partial charge in [0.2, 0.25) is 6.41 Å². The van der Waals surface area contributed by atoms with Crippen molar-refractivity contribution in [1.82, 2.24) is 4.90 Å². The van der Waals surface area contributed by atoms with Gasteiger partial charge >= 0.3 is 59.1 Å². The third-order valence-corrected chi connectivity index (χ3v) is 0.211. The molecule has 0 rings (SSSR count). The predicted molar refractivity (Wildman–Crippen MR) is 34.0 cm³/mol. The first kappa shape index (κ1) is 15.8. The zero-order valence-corrected chi connectivity index (χ0v) is 3.43. The fourth-order valence-corrected chi connectivity index (χ4v) is 0. The van der Waals surface area contributed by atoms with Gasteiger partial charge in [-0.25, -0.2) is 0 Å². The maximum atomic E-state index is 9.43. The van der Waals surface area contributed by atoms with E-state index >= 15 is 0 Å². The Balaban J connectivity index is -0.0000000800. The predicted octanol–water partition coefficient (Wildman–Crippen LogP) is -1.59.